The van der Waals surface area contributed by atoms with Gasteiger partial charge in [0.25, 0.3) is 0 Å². The van der Waals surface area contributed by atoms with E-state index in [-0.39, 0.29) is 18.5 Å². The highest BCUT2D eigenvalue weighted by Gasteiger charge is 2.60. The summed E-state index contributed by atoms with van der Waals surface area (Å²) in [6.07, 6.45) is 0.281. The van der Waals surface area contributed by atoms with Crippen LogP contribution in [0.4, 0.5) is 17.1 Å². The maximum absolute atomic E-state index is 4.01. The summed E-state index contributed by atoms with van der Waals surface area (Å²) < 4.78 is 0. The molecule has 1 spiro atoms. The normalized spacial score (nSPS) is 19.9. The average Bonchev–Trinajstić information content (AvgIpc) is 3.92. The monoisotopic (exact) mass is 870 g/mol. The van der Waals surface area contributed by atoms with Crippen molar-refractivity contribution in [3.05, 3.63) is 294 Å². The van der Waals surface area contributed by atoms with Gasteiger partial charge in [-0.05, 0) is 120 Å². The Hall–Kier alpha value is -8.12. The number of anilines is 3. The lowest BCUT2D eigenvalue weighted by Gasteiger charge is -2.45. The number of nitrogens with zero attached hydrogens (tertiary/aromatic N) is 3. The Morgan fingerprint density at radius 2 is 0.765 bits per heavy atom. The number of benzene rings is 10. The van der Waals surface area contributed by atoms with Crippen molar-refractivity contribution >= 4 is 17.1 Å². The molecular formula is C64H46N4. The zero-order valence-electron chi connectivity index (χ0n) is 37.3. The molecule has 5 atom stereocenters. The minimum Gasteiger partial charge on any atom is -0.310 e. The summed E-state index contributed by atoms with van der Waals surface area (Å²) in [4.78, 5) is 2.44. The van der Waals surface area contributed by atoms with Gasteiger partial charge in [-0.15, -0.1) is 0 Å². The summed E-state index contributed by atoms with van der Waals surface area (Å²) in [7, 11) is 0. The minimum atomic E-state index is -0.464. The molecule has 322 valence electrons. The first-order valence-electron chi connectivity index (χ1n) is 23.8. The second-order valence-electron chi connectivity index (χ2n) is 18.5. The molecule has 10 aromatic rings. The molecule has 4 aliphatic rings. The van der Waals surface area contributed by atoms with Crippen LogP contribution in [-0.2, 0) is 5.41 Å². The van der Waals surface area contributed by atoms with Gasteiger partial charge in [0.15, 0.2) is 0 Å². The first-order valence-corrected chi connectivity index (χ1v) is 23.8. The predicted octanol–water partition coefficient (Wildman–Crippen LogP) is 15.4. The van der Waals surface area contributed by atoms with E-state index in [1.807, 2.05) is 0 Å². The summed E-state index contributed by atoms with van der Waals surface area (Å²) in [5, 5.41) is 9.02. The Morgan fingerprint density at radius 3 is 1.44 bits per heavy atom. The highest BCUT2D eigenvalue weighted by molar-refractivity contribution is 5.96. The third-order valence-corrected chi connectivity index (χ3v) is 14.9. The molecular weight excluding hydrogens is 825 g/mol. The molecule has 4 nitrogen and oxygen atoms in total. The maximum atomic E-state index is 4.01. The van der Waals surface area contributed by atoms with Crippen LogP contribution in [-0.4, -0.2) is 10.0 Å². The Kier molecular flexibility index (Phi) is 8.90. The van der Waals surface area contributed by atoms with E-state index in [1.54, 1.807) is 0 Å². The van der Waals surface area contributed by atoms with Gasteiger partial charge in [-0.3, -0.25) is 5.32 Å². The van der Waals surface area contributed by atoms with Crippen molar-refractivity contribution in [2.75, 3.05) is 4.90 Å². The fourth-order valence-corrected chi connectivity index (χ4v) is 11.9. The lowest BCUT2D eigenvalue weighted by molar-refractivity contribution is 0.314. The molecule has 1 N–H and O–H groups in total. The molecule has 3 aliphatic heterocycles. The van der Waals surface area contributed by atoms with Gasteiger partial charge >= 0.3 is 0 Å². The molecule has 2 fully saturated rings. The van der Waals surface area contributed by atoms with Gasteiger partial charge in [-0.25, -0.2) is 0 Å². The van der Waals surface area contributed by atoms with E-state index >= 15 is 0 Å². The van der Waals surface area contributed by atoms with Crippen LogP contribution in [0, 0.1) is 0 Å². The van der Waals surface area contributed by atoms with E-state index in [0.29, 0.717) is 0 Å². The molecule has 0 aromatic heterocycles. The number of hydrogen-bond acceptors (Lipinski definition) is 4. The second-order valence-corrected chi connectivity index (χ2v) is 18.5. The quantitative estimate of drug-likeness (QED) is 0.161. The smallest absolute Gasteiger partial charge is 0.119 e. The fourth-order valence-electron chi connectivity index (χ4n) is 11.9. The number of nitrogens with one attached hydrogen (secondary N) is 1. The zero-order valence-corrected chi connectivity index (χ0v) is 37.3. The second kappa shape index (κ2) is 15.5. The van der Waals surface area contributed by atoms with E-state index in [0.717, 1.165) is 5.69 Å². The Morgan fingerprint density at radius 1 is 0.309 bits per heavy atom. The van der Waals surface area contributed by atoms with Crippen LogP contribution < -0.4 is 10.2 Å². The van der Waals surface area contributed by atoms with E-state index in [9.17, 15) is 0 Å². The van der Waals surface area contributed by atoms with Crippen molar-refractivity contribution in [2.24, 2.45) is 0 Å². The van der Waals surface area contributed by atoms with Crippen LogP contribution in [0.25, 0.3) is 44.5 Å². The summed E-state index contributed by atoms with van der Waals surface area (Å²) in [6.45, 7) is 0. The molecule has 14 rings (SSSR count). The molecule has 10 aromatic carbocycles. The van der Waals surface area contributed by atoms with Gasteiger partial charge in [0, 0.05) is 5.69 Å². The lowest BCUT2D eigenvalue weighted by Crippen LogP contribution is -2.36. The molecule has 3 heterocycles. The molecule has 0 amide bonds. The summed E-state index contributed by atoms with van der Waals surface area (Å²) in [6, 6.07) is 93.9. The van der Waals surface area contributed by atoms with Crippen molar-refractivity contribution < 1.29 is 0 Å². The van der Waals surface area contributed by atoms with Gasteiger partial charge in [0.1, 0.15) is 18.5 Å². The molecule has 68 heavy (non-hydrogen) atoms. The molecule has 4 heteroatoms. The van der Waals surface area contributed by atoms with E-state index in [2.05, 4.69) is 275 Å². The number of para-hydroxylation sites is 3. The van der Waals surface area contributed by atoms with Gasteiger partial charge in [0.05, 0.1) is 16.8 Å². The number of hydrogen-bond donors (Lipinski definition) is 1. The summed E-state index contributed by atoms with van der Waals surface area (Å²) in [5.74, 6) is 0. The summed E-state index contributed by atoms with van der Waals surface area (Å²) in [5.41, 5.74) is 22.1. The number of rotatable bonds is 7. The Bertz CT molecular complexity index is 3470. The van der Waals surface area contributed by atoms with Crippen molar-refractivity contribution in [1.29, 1.82) is 0 Å². The van der Waals surface area contributed by atoms with Crippen molar-refractivity contribution in [2.45, 2.75) is 23.9 Å². The largest absolute Gasteiger partial charge is 0.310 e. The zero-order chi connectivity index (χ0) is 44.8. The van der Waals surface area contributed by atoms with Crippen molar-refractivity contribution in [1.82, 2.24) is 15.3 Å². The van der Waals surface area contributed by atoms with Crippen molar-refractivity contribution in [3.63, 3.8) is 0 Å². The highest BCUT2D eigenvalue weighted by Crippen LogP contribution is 2.64. The van der Waals surface area contributed by atoms with Crippen LogP contribution in [0.2, 0.25) is 0 Å². The van der Waals surface area contributed by atoms with Gasteiger partial charge in [0.2, 0.25) is 0 Å². The first kappa shape index (κ1) is 39.1. The van der Waals surface area contributed by atoms with Crippen LogP contribution >= 0.6 is 0 Å². The molecule has 0 bridgehead atoms. The van der Waals surface area contributed by atoms with Gasteiger partial charge in [-0.2, -0.15) is 10.0 Å². The molecule has 0 radical (unpaired) electrons. The third-order valence-electron chi connectivity index (χ3n) is 14.9. The fraction of sp³-hybridized carbons (Fsp3) is 0.0625. The molecule has 2 saturated heterocycles. The van der Waals surface area contributed by atoms with Crippen molar-refractivity contribution in [3.8, 4) is 44.5 Å². The number of hydrazine groups is 1. The third kappa shape index (κ3) is 5.92. The van der Waals surface area contributed by atoms with Gasteiger partial charge in [-0.1, -0.05) is 218 Å². The first-order chi connectivity index (χ1) is 33.7. The standard InChI is InChI=1S/C64H46N4/c1-4-17-43(18-5-1)44-35-37-47(38-36-44)61-65-62(68-63(67(61)68)48-19-6-2-7-20-48)51-22-16-21-49(41-51)45-31-33-46(34-32-45)50-39-40-56-54(42-50)53-25-10-11-26-55(53)64(56)57-27-12-14-29-59(57)66(52-23-8-3-9-24-52)60-30-15-13-28-58(60)64/h1-42,61-63,65H. The van der Waals surface area contributed by atoms with Crippen LogP contribution in [0.5, 0.6) is 0 Å². The van der Waals surface area contributed by atoms with Crippen LogP contribution in [0.1, 0.15) is 57.4 Å². The lowest BCUT2D eigenvalue weighted by atomic mass is 9.64. The van der Waals surface area contributed by atoms with E-state index < -0.39 is 5.41 Å². The predicted molar refractivity (Wildman–Crippen MR) is 276 cm³/mol. The maximum Gasteiger partial charge on any atom is 0.119 e. The summed E-state index contributed by atoms with van der Waals surface area (Å²) >= 11 is 0. The van der Waals surface area contributed by atoms with Crippen LogP contribution in [0.15, 0.2) is 255 Å². The van der Waals surface area contributed by atoms with E-state index in [1.165, 1.54) is 94.8 Å². The molecule has 5 unspecified atom stereocenters. The molecule has 0 saturated carbocycles. The minimum absolute atomic E-state index is 0.0281. The topological polar surface area (TPSA) is 21.3 Å². The van der Waals surface area contributed by atoms with E-state index in [4.69, 9.17) is 0 Å². The van der Waals surface area contributed by atoms with Crippen LogP contribution in [0.3, 0.4) is 0 Å². The number of fused-ring (bicyclic) bond motifs is 10. The average molecular weight is 871 g/mol. The SMILES string of the molecule is c1ccc(-c2ccc(C3NC(c4cccc(-c5ccc(-c6ccc7c(c6)-c6ccccc6C76c7ccccc7N(c7ccccc7)c7ccccc76)cc5)c4)N4C(c5ccccc5)N34)cc2)cc1. The highest BCUT2D eigenvalue weighted by atomic mass is 15.9. The molecule has 1 aliphatic carbocycles. The van der Waals surface area contributed by atoms with Gasteiger partial charge < -0.3 is 4.90 Å². The Labute approximate surface area is 397 Å². The Balaban J connectivity index is 0.794.